The van der Waals surface area contributed by atoms with Crippen molar-refractivity contribution in [3.8, 4) is 0 Å². The molecular weight excluding hydrogens is 406 g/mol. The van der Waals surface area contributed by atoms with Gasteiger partial charge >= 0.3 is 5.97 Å². The zero-order chi connectivity index (χ0) is 24.6. The van der Waals surface area contributed by atoms with Crippen molar-refractivity contribution < 1.29 is 19.1 Å². The summed E-state index contributed by atoms with van der Waals surface area (Å²) in [6.07, 6.45) is 4.65. The molecule has 1 saturated heterocycles. The molecule has 0 radical (unpaired) electrons. The van der Waals surface area contributed by atoms with Crippen LogP contribution < -0.4 is 10.6 Å². The van der Waals surface area contributed by atoms with E-state index in [2.05, 4.69) is 29.4 Å². The molecule has 1 aliphatic heterocycles. The highest BCUT2D eigenvalue weighted by Gasteiger charge is 2.38. The van der Waals surface area contributed by atoms with E-state index in [-0.39, 0.29) is 41.8 Å². The summed E-state index contributed by atoms with van der Waals surface area (Å²) in [5.41, 5.74) is -0.0182. The Labute approximate surface area is 194 Å². The number of carbonyl (C=O) groups excluding carboxylic acids is 3. The maximum absolute atomic E-state index is 13.3. The Hall–Kier alpha value is -1.89. The van der Waals surface area contributed by atoms with Gasteiger partial charge in [-0.25, -0.2) is 4.79 Å². The molecule has 0 saturated carbocycles. The third-order valence-corrected chi connectivity index (χ3v) is 5.98. The third-order valence-electron chi connectivity index (χ3n) is 5.98. The molecule has 1 fully saturated rings. The van der Waals surface area contributed by atoms with E-state index in [0.717, 1.165) is 25.8 Å². The van der Waals surface area contributed by atoms with Gasteiger partial charge in [0, 0.05) is 11.6 Å². The number of nitrogens with zero attached hydrogens (tertiary/aromatic N) is 1. The highest BCUT2D eigenvalue weighted by Crippen LogP contribution is 2.23. The zero-order valence-corrected chi connectivity index (χ0v) is 21.6. The van der Waals surface area contributed by atoms with Crippen LogP contribution in [0, 0.1) is 11.3 Å². The van der Waals surface area contributed by atoms with E-state index in [1.807, 2.05) is 34.6 Å². The number of nitrogens with one attached hydrogen (secondary N) is 2. The number of carbonyl (C=O) groups is 3. The summed E-state index contributed by atoms with van der Waals surface area (Å²) >= 11 is 0. The summed E-state index contributed by atoms with van der Waals surface area (Å²) in [6.45, 7) is 18.7. The van der Waals surface area contributed by atoms with Crippen LogP contribution in [0.15, 0.2) is 11.6 Å². The summed E-state index contributed by atoms with van der Waals surface area (Å²) in [7, 11) is 0. The van der Waals surface area contributed by atoms with Gasteiger partial charge in [-0.2, -0.15) is 0 Å². The van der Waals surface area contributed by atoms with Crippen molar-refractivity contribution in [2.24, 2.45) is 11.3 Å². The SMILES string of the molecule is CCOC(=O)C(C)=C[C@@H](NC(=O)[C@@H](NC(=O)C1CCCCN1C(C)C)C(C)(C)C)C(C)C. The first-order chi connectivity index (χ1) is 14.8. The first-order valence-corrected chi connectivity index (χ1v) is 12.0. The lowest BCUT2D eigenvalue weighted by Crippen LogP contribution is -2.60. The van der Waals surface area contributed by atoms with Crippen molar-refractivity contribution >= 4 is 17.8 Å². The van der Waals surface area contributed by atoms with Gasteiger partial charge in [0.25, 0.3) is 0 Å². The quantitative estimate of drug-likeness (QED) is 0.414. The second-order valence-corrected chi connectivity index (χ2v) is 10.5. The number of esters is 1. The van der Waals surface area contributed by atoms with E-state index in [9.17, 15) is 14.4 Å². The molecule has 1 aliphatic rings. The minimum atomic E-state index is -0.691. The Morgan fingerprint density at radius 1 is 1.09 bits per heavy atom. The Morgan fingerprint density at radius 3 is 2.22 bits per heavy atom. The lowest BCUT2D eigenvalue weighted by molar-refractivity contribution is -0.138. The van der Waals surface area contributed by atoms with E-state index < -0.39 is 11.5 Å². The highest BCUT2D eigenvalue weighted by molar-refractivity contribution is 5.91. The van der Waals surface area contributed by atoms with Crippen LogP contribution in [0.25, 0.3) is 0 Å². The number of piperidine rings is 1. The smallest absolute Gasteiger partial charge is 0.333 e. The van der Waals surface area contributed by atoms with Crippen LogP contribution in [0.1, 0.15) is 81.6 Å². The number of hydrogen-bond donors (Lipinski definition) is 2. The molecule has 0 aromatic rings. The van der Waals surface area contributed by atoms with E-state index in [4.69, 9.17) is 4.74 Å². The lowest BCUT2D eigenvalue weighted by atomic mass is 9.85. The maximum atomic E-state index is 13.3. The minimum absolute atomic E-state index is 0.0643. The fraction of sp³-hybridized carbons (Fsp3) is 0.800. The Morgan fingerprint density at radius 2 is 1.72 bits per heavy atom. The van der Waals surface area contributed by atoms with Crippen LogP contribution in [0.5, 0.6) is 0 Å². The number of ether oxygens (including phenoxy) is 1. The Kier molecular flexibility index (Phi) is 10.9. The summed E-state index contributed by atoms with van der Waals surface area (Å²) in [6, 6.07) is -0.985. The average Bonchev–Trinajstić information content (AvgIpc) is 2.70. The van der Waals surface area contributed by atoms with Crippen LogP contribution in [-0.2, 0) is 19.1 Å². The zero-order valence-electron chi connectivity index (χ0n) is 21.6. The van der Waals surface area contributed by atoms with Gasteiger partial charge in [0.15, 0.2) is 0 Å². The molecule has 2 amide bonds. The van der Waals surface area contributed by atoms with Crippen molar-refractivity contribution in [3.05, 3.63) is 11.6 Å². The first-order valence-electron chi connectivity index (χ1n) is 12.0. The standard InChI is InChI=1S/C25H45N3O4/c1-10-32-24(31)18(6)15-19(16(2)3)26-23(30)21(25(7,8)9)27-22(29)20-13-11-12-14-28(20)17(4)5/h15-17,19-21H,10-14H2,1-9H3,(H,26,30)(H,27,29)/t19-,20?,21-/m1/s1. The molecule has 3 atom stereocenters. The molecule has 1 rings (SSSR count). The molecule has 0 spiro atoms. The largest absolute Gasteiger partial charge is 0.463 e. The topological polar surface area (TPSA) is 87.7 Å². The molecule has 0 aromatic heterocycles. The molecule has 184 valence electrons. The normalized spacial score (nSPS) is 20.1. The van der Waals surface area contributed by atoms with E-state index in [0.29, 0.717) is 12.2 Å². The van der Waals surface area contributed by atoms with Crippen LogP contribution in [0.4, 0.5) is 0 Å². The van der Waals surface area contributed by atoms with Gasteiger partial charge in [0.05, 0.1) is 18.7 Å². The third kappa shape index (κ3) is 8.23. The maximum Gasteiger partial charge on any atom is 0.333 e. The van der Waals surface area contributed by atoms with Gasteiger partial charge in [-0.05, 0) is 58.4 Å². The van der Waals surface area contributed by atoms with Crippen molar-refractivity contribution in [2.75, 3.05) is 13.2 Å². The summed E-state index contributed by atoms with van der Waals surface area (Å²) in [5, 5.41) is 6.09. The predicted molar refractivity (Wildman–Crippen MR) is 128 cm³/mol. The lowest BCUT2D eigenvalue weighted by Gasteiger charge is -2.39. The first kappa shape index (κ1) is 28.1. The van der Waals surface area contributed by atoms with Crippen LogP contribution >= 0.6 is 0 Å². The van der Waals surface area contributed by atoms with Gasteiger partial charge in [0.1, 0.15) is 6.04 Å². The molecule has 0 aromatic carbocycles. The summed E-state index contributed by atoms with van der Waals surface area (Å²) in [4.78, 5) is 40.8. The van der Waals surface area contributed by atoms with Crippen LogP contribution in [-0.4, -0.2) is 60.0 Å². The number of amides is 2. The van der Waals surface area contributed by atoms with Gasteiger partial charge in [-0.1, -0.05) is 47.1 Å². The molecule has 0 aliphatic carbocycles. The molecule has 1 unspecified atom stereocenters. The van der Waals surface area contributed by atoms with Crippen LogP contribution in [0.3, 0.4) is 0 Å². The van der Waals surface area contributed by atoms with Crippen molar-refractivity contribution in [1.82, 2.24) is 15.5 Å². The summed E-state index contributed by atoms with van der Waals surface area (Å²) < 4.78 is 5.06. The van der Waals surface area contributed by atoms with Gasteiger partial charge in [-0.15, -0.1) is 0 Å². The van der Waals surface area contributed by atoms with Crippen LogP contribution in [0.2, 0.25) is 0 Å². The Balaban J connectivity index is 3.03. The molecular formula is C25H45N3O4. The number of rotatable bonds is 9. The van der Waals surface area contributed by atoms with Gasteiger partial charge in [-0.3, -0.25) is 14.5 Å². The molecule has 7 nitrogen and oxygen atoms in total. The second kappa shape index (κ2) is 12.4. The second-order valence-electron chi connectivity index (χ2n) is 10.5. The number of hydrogen-bond acceptors (Lipinski definition) is 5. The fourth-order valence-corrected chi connectivity index (χ4v) is 4.00. The fourth-order valence-electron chi connectivity index (χ4n) is 4.00. The van der Waals surface area contributed by atoms with E-state index in [1.54, 1.807) is 19.9 Å². The number of likely N-dealkylation sites (tertiary alicyclic amines) is 1. The molecule has 1 heterocycles. The summed E-state index contributed by atoms with van der Waals surface area (Å²) in [5.74, 6) is -0.661. The minimum Gasteiger partial charge on any atom is -0.463 e. The average molecular weight is 452 g/mol. The van der Waals surface area contributed by atoms with Gasteiger partial charge in [0.2, 0.25) is 11.8 Å². The highest BCUT2D eigenvalue weighted by atomic mass is 16.5. The monoisotopic (exact) mass is 451 g/mol. The van der Waals surface area contributed by atoms with Crippen molar-refractivity contribution in [2.45, 2.75) is 106 Å². The molecule has 7 heteroatoms. The van der Waals surface area contributed by atoms with Gasteiger partial charge < -0.3 is 15.4 Å². The van der Waals surface area contributed by atoms with E-state index in [1.165, 1.54) is 0 Å². The predicted octanol–water partition coefficient (Wildman–Crippen LogP) is 3.43. The molecule has 0 bridgehead atoms. The molecule has 2 N–H and O–H groups in total. The Bertz CT molecular complexity index is 679. The van der Waals surface area contributed by atoms with Crippen molar-refractivity contribution in [3.63, 3.8) is 0 Å². The van der Waals surface area contributed by atoms with E-state index >= 15 is 0 Å². The van der Waals surface area contributed by atoms with Crippen molar-refractivity contribution in [1.29, 1.82) is 0 Å². The molecule has 32 heavy (non-hydrogen) atoms.